The highest BCUT2D eigenvalue weighted by Gasteiger charge is 2.32. The summed E-state index contributed by atoms with van der Waals surface area (Å²) in [5, 5.41) is 14.0. The van der Waals surface area contributed by atoms with E-state index in [2.05, 4.69) is 5.32 Å². The average molecular weight is 567 g/mol. The van der Waals surface area contributed by atoms with Gasteiger partial charge in [0.2, 0.25) is 11.8 Å². The number of nitro benzene ring substituents is 1. The number of nitrogens with zero attached hydrogens (tertiary/aromatic N) is 3. The van der Waals surface area contributed by atoms with Crippen molar-refractivity contribution in [2.45, 2.75) is 51.1 Å². The van der Waals surface area contributed by atoms with Crippen molar-refractivity contribution < 1.29 is 22.9 Å². The molecule has 3 rings (SSSR count). The van der Waals surface area contributed by atoms with Gasteiger partial charge >= 0.3 is 0 Å². The standard InChI is InChI=1S/C29H34N4O6S/c1-4-5-19-30-29(35)23(3)31(20-24-13-11-22(2)12-14-24)28(34)21-32(25-15-17-26(18-16-25)33(36)37)40(38,39)27-9-7-6-8-10-27/h6-18,23H,4-5,19-21H2,1-3H3,(H,30,35). The van der Waals surface area contributed by atoms with Crippen LogP contribution in [0, 0.1) is 17.0 Å². The quantitative estimate of drug-likeness (QED) is 0.185. The summed E-state index contributed by atoms with van der Waals surface area (Å²) in [7, 11) is -4.24. The number of anilines is 1. The van der Waals surface area contributed by atoms with E-state index in [-0.39, 0.29) is 28.7 Å². The SMILES string of the molecule is CCCCNC(=O)C(C)N(Cc1ccc(C)cc1)C(=O)CN(c1ccc([N+](=O)[O-])cc1)S(=O)(=O)c1ccccc1. The van der Waals surface area contributed by atoms with E-state index in [9.17, 15) is 28.1 Å². The Morgan fingerprint density at radius 3 is 2.17 bits per heavy atom. The second-order valence-electron chi connectivity index (χ2n) is 9.43. The number of rotatable bonds is 13. The Kier molecular flexibility index (Phi) is 10.4. The summed E-state index contributed by atoms with van der Waals surface area (Å²) >= 11 is 0. The number of carbonyl (C=O) groups excluding carboxylic acids is 2. The molecule has 0 bridgehead atoms. The first-order chi connectivity index (χ1) is 19.0. The van der Waals surface area contributed by atoms with Crippen LogP contribution in [-0.4, -0.2) is 49.2 Å². The molecule has 0 heterocycles. The first-order valence-electron chi connectivity index (χ1n) is 13.0. The van der Waals surface area contributed by atoms with Crippen LogP contribution in [0.15, 0.2) is 83.8 Å². The Labute approximate surface area is 234 Å². The van der Waals surface area contributed by atoms with Gasteiger partial charge in [-0.1, -0.05) is 61.4 Å². The highest BCUT2D eigenvalue weighted by atomic mass is 32.2. The fourth-order valence-electron chi connectivity index (χ4n) is 4.00. The summed E-state index contributed by atoms with van der Waals surface area (Å²) in [5.41, 5.74) is 1.67. The molecular weight excluding hydrogens is 532 g/mol. The van der Waals surface area contributed by atoms with Gasteiger partial charge in [-0.2, -0.15) is 0 Å². The average Bonchev–Trinajstić information content (AvgIpc) is 2.95. The van der Waals surface area contributed by atoms with Gasteiger partial charge in [0.15, 0.2) is 0 Å². The van der Waals surface area contributed by atoms with Crippen LogP contribution in [0.25, 0.3) is 0 Å². The van der Waals surface area contributed by atoms with Gasteiger partial charge in [-0.3, -0.25) is 24.0 Å². The van der Waals surface area contributed by atoms with Gasteiger partial charge in [-0.25, -0.2) is 8.42 Å². The first-order valence-corrected chi connectivity index (χ1v) is 14.4. The zero-order valence-electron chi connectivity index (χ0n) is 22.8. The highest BCUT2D eigenvalue weighted by molar-refractivity contribution is 7.92. The second-order valence-corrected chi connectivity index (χ2v) is 11.3. The van der Waals surface area contributed by atoms with Crippen LogP contribution >= 0.6 is 0 Å². The summed E-state index contributed by atoms with van der Waals surface area (Å²) in [6.07, 6.45) is 1.68. The van der Waals surface area contributed by atoms with Crippen LogP contribution in [-0.2, 0) is 26.2 Å². The largest absolute Gasteiger partial charge is 0.354 e. The molecule has 10 nitrogen and oxygen atoms in total. The fraction of sp³-hybridized carbons (Fsp3) is 0.310. The van der Waals surface area contributed by atoms with Gasteiger partial charge in [0.1, 0.15) is 12.6 Å². The molecule has 3 aromatic carbocycles. The summed E-state index contributed by atoms with van der Waals surface area (Å²) < 4.78 is 28.4. The maximum Gasteiger partial charge on any atom is 0.269 e. The van der Waals surface area contributed by atoms with E-state index in [4.69, 9.17) is 0 Å². The lowest BCUT2D eigenvalue weighted by molar-refractivity contribution is -0.384. The molecule has 0 spiro atoms. The predicted octanol–water partition coefficient (Wildman–Crippen LogP) is 4.43. The van der Waals surface area contributed by atoms with E-state index in [1.54, 1.807) is 25.1 Å². The molecule has 0 aromatic heterocycles. The van der Waals surface area contributed by atoms with Crippen LogP contribution in [0.3, 0.4) is 0 Å². The molecule has 1 unspecified atom stereocenters. The van der Waals surface area contributed by atoms with Gasteiger partial charge in [-0.15, -0.1) is 0 Å². The smallest absolute Gasteiger partial charge is 0.269 e. The van der Waals surface area contributed by atoms with Crippen molar-refractivity contribution in [3.63, 3.8) is 0 Å². The Morgan fingerprint density at radius 2 is 1.60 bits per heavy atom. The van der Waals surface area contributed by atoms with Crippen molar-refractivity contribution in [1.82, 2.24) is 10.2 Å². The molecule has 0 radical (unpaired) electrons. The molecule has 0 saturated heterocycles. The van der Waals surface area contributed by atoms with Gasteiger partial charge < -0.3 is 10.2 Å². The van der Waals surface area contributed by atoms with Crippen molar-refractivity contribution in [2.75, 3.05) is 17.4 Å². The summed E-state index contributed by atoms with van der Waals surface area (Å²) in [6.45, 7) is 5.48. The Balaban J connectivity index is 2.00. The number of unbranched alkanes of at least 4 members (excludes halogenated alkanes) is 1. The molecule has 0 fully saturated rings. The molecule has 2 amide bonds. The molecule has 1 atom stereocenters. The van der Waals surface area contributed by atoms with E-state index in [1.807, 2.05) is 38.1 Å². The van der Waals surface area contributed by atoms with Gasteiger partial charge in [0.05, 0.1) is 15.5 Å². The van der Waals surface area contributed by atoms with Crippen LogP contribution in [0.1, 0.15) is 37.8 Å². The fourth-order valence-corrected chi connectivity index (χ4v) is 5.43. The monoisotopic (exact) mass is 566 g/mol. The van der Waals surface area contributed by atoms with E-state index in [1.165, 1.54) is 41.3 Å². The van der Waals surface area contributed by atoms with Crippen molar-refractivity contribution in [1.29, 1.82) is 0 Å². The molecule has 11 heteroatoms. The van der Waals surface area contributed by atoms with E-state index in [0.29, 0.717) is 6.54 Å². The topological polar surface area (TPSA) is 130 Å². The summed E-state index contributed by atoms with van der Waals surface area (Å²) in [5.74, 6) is -0.946. The molecule has 212 valence electrons. The third-order valence-corrected chi connectivity index (χ3v) is 8.22. The Morgan fingerprint density at radius 1 is 0.975 bits per heavy atom. The molecule has 40 heavy (non-hydrogen) atoms. The second kappa shape index (κ2) is 13.7. The lowest BCUT2D eigenvalue weighted by atomic mass is 10.1. The van der Waals surface area contributed by atoms with Gasteiger partial charge in [-0.05, 0) is 50.1 Å². The van der Waals surface area contributed by atoms with Crippen LogP contribution < -0.4 is 9.62 Å². The normalized spacial score (nSPS) is 11.9. The minimum Gasteiger partial charge on any atom is -0.354 e. The maximum absolute atomic E-state index is 13.9. The van der Waals surface area contributed by atoms with Gasteiger partial charge in [0.25, 0.3) is 15.7 Å². The van der Waals surface area contributed by atoms with Crippen molar-refractivity contribution in [3.05, 3.63) is 100 Å². The number of carbonyl (C=O) groups is 2. The summed E-state index contributed by atoms with van der Waals surface area (Å²) in [6, 6.07) is 19.2. The van der Waals surface area contributed by atoms with Crippen LogP contribution in [0.5, 0.6) is 0 Å². The number of nitro groups is 1. The number of sulfonamides is 1. The molecule has 0 saturated carbocycles. The maximum atomic E-state index is 13.9. The number of benzene rings is 3. The van der Waals surface area contributed by atoms with E-state index >= 15 is 0 Å². The number of aryl methyl sites for hydroxylation is 1. The number of amides is 2. The number of non-ortho nitro benzene ring substituents is 1. The minimum atomic E-state index is -4.24. The zero-order chi connectivity index (χ0) is 29.3. The number of hydrogen-bond acceptors (Lipinski definition) is 6. The van der Waals surface area contributed by atoms with Crippen LogP contribution in [0.2, 0.25) is 0 Å². The van der Waals surface area contributed by atoms with Crippen molar-refractivity contribution >= 4 is 33.2 Å². The Bertz CT molecular complexity index is 1410. The van der Waals surface area contributed by atoms with Gasteiger partial charge in [0, 0.05) is 25.2 Å². The van der Waals surface area contributed by atoms with Crippen molar-refractivity contribution in [2.24, 2.45) is 0 Å². The lowest BCUT2D eigenvalue weighted by Crippen LogP contribution is -2.51. The molecule has 0 aliphatic carbocycles. The predicted molar refractivity (Wildman–Crippen MR) is 153 cm³/mol. The summed E-state index contributed by atoms with van der Waals surface area (Å²) in [4.78, 5) is 38.7. The van der Waals surface area contributed by atoms with Crippen molar-refractivity contribution in [3.8, 4) is 0 Å². The Hall–Kier alpha value is -4.25. The zero-order valence-corrected chi connectivity index (χ0v) is 23.6. The third-order valence-electron chi connectivity index (χ3n) is 6.43. The molecule has 0 aliphatic heterocycles. The molecule has 1 N–H and O–H groups in total. The highest BCUT2D eigenvalue weighted by Crippen LogP contribution is 2.26. The number of nitrogens with one attached hydrogen (secondary N) is 1. The minimum absolute atomic E-state index is 0.0448. The molecule has 3 aromatic rings. The van der Waals surface area contributed by atoms with E-state index < -0.39 is 33.4 Å². The van der Waals surface area contributed by atoms with Crippen LogP contribution in [0.4, 0.5) is 11.4 Å². The third kappa shape index (κ3) is 7.66. The van der Waals surface area contributed by atoms with E-state index in [0.717, 1.165) is 28.3 Å². The number of hydrogen-bond donors (Lipinski definition) is 1. The molecular formula is C29H34N4O6S. The first kappa shape index (κ1) is 30.3. The lowest BCUT2D eigenvalue weighted by Gasteiger charge is -2.32. The molecule has 0 aliphatic rings.